The molecule has 0 atom stereocenters. The Morgan fingerprint density at radius 2 is 1.75 bits per heavy atom. The molecule has 1 fully saturated rings. The van der Waals surface area contributed by atoms with E-state index in [4.69, 9.17) is 4.74 Å². The lowest BCUT2D eigenvalue weighted by molar-refractivity contribution is -0.121. The Kier molecular flexibility index (Phi) is 6.69. The van der Waals surface area contributed by atoms with Crippen LogP contribution < -0.4 is 10.1 Å². The topological polar surface area (TPSA) is 84.4 Å². The molecule has 3 aromatic rings. The molecule has 0 unspecified atom stereocenters. The van der Waals surface area contributed by atoms with E-state index in [-0.39, 0.29) is 23.5 Å². The summed E-state index contributed by atoms with van der Waals surface area (Å²) < 4.78 is 18.9. The molecule has 4 rings (SSSR count). The number of nitrogens with one attached hydrogen (secondary N) is 1. The van der Waals surface area contributed by atoms with Gasteiger partial charge in [-0.25, -0.2) is 9.37 Å². The van der Waals surface area contributed by atoms with E-state index in [0.717, 1.165) is 5.56 Å². The molecule has 2 aromatic heterocycles. The van der Waals surface area contributed by atoms with Crippen LogP contribution in [0.1, 0.15) is 28.8 Å². The van der Waals surface area contributed by atoms with Crippen LogP contribution in [0.15, 0.2) is 67.1 Å². The average molecular weight is 434 g/mol. The van der Waals surface area contributed by atoms with E-state index in [2.05, 4.69) is 15.3 Å². The Morgan fingerprint density at radius 1 is 1.03 bits per heavy atom. The minimum Gasteiger partial charge on any atom is -0.485 e. The Bertz CT molecular complexity index is 1070. The summed E-state index contributed by atoms with van der Waals surface area (Å²) in [5.41, 5.74) is 1.40. The molecule has 0 spiro atoms. The number of carbonyl (C=O) groups excluding carboxylic acids is 2. The van der Waals surface area contributed by atoms with E-state index < -0.39 is 0 Å². The Morgan fingerprint density at radius 3 is 2.47 bits per heavy atom. The van der Waals surface area contributed by atoms with Crippen molar-refractivity contribution in [2.45, 2.75) is 19.4 Å². The number of nitrogens with zero attached hydrogens (tertiary/aromatic N) is 3. The van der Waals surface area contributed by atoms with Crippen molar-refractivity contribution < 1.29 is 18.7 Å². The fourth-order valence-electron chi connectivity index (χ4n) is 3.58. The number of rotatable bonds is 6. The standard InChI is InChI=1S/C24H23FN4O3/c25-20-5-3-19(4-6-20)24(31)29-14-9-18(10-15-29)23(30)28-22-21(2-1-11-27-22)32-16-17-7-12-26-13-8-17/h1-8,11-13,18H,9-10,14-16H2,(H,27,28,30). The third kappa shape index (κ3) is 5.26. The highest BCUT2D eigenvalue weighted by molar-refractivity contribution is 5.95. The van der Waals surface area contributed by atoms with Crippen LogP contribution in [0.2, 0.25) is 0 Å². The summed E-state index contributed by atoms with van der Waals surface area (Å²) in [6.45, 7) is 1.25. The van der Waals surface area contributed by atoms with Gasteiger partial charge in [-0.1, -0.05) is 0 Å². The van der Waals surface area contributed by atoms with Crippen LogP contribution in [0.25, 0.3) is 0 Å². The molecular weight excluding hydrogens is 411 g/mol. The van der Waals surface area contributed by atoms with Crippen molar-refractivity contribution in [3.8, 4) is 5.75 Å². The Labute approximate surface area is 185 Å². The first kappa shape index (κ1) is 21.4. The molecule has 1 aliphatic rings. The van der Waals surface area contributed by atoms with Crippen LogP contribution in [0, 0.1) is 11.7 Å². The Balaban J connectivity index is 1.32. The van der Waals surface area contributed by atoms with Gasteiger partial charge in [0.1, 0.15) is 12.4 Å². The first-order chi connectivity index (χ1) is 15.6. The van der Waals surface area contributed by atoms with Gasteiger partial charge in [0.15, 0.2) is 11.6 Å². The highest BCUT2D eigenvalue weighted by Crippen LogP contribution is 2.25. The number of anilines is 1. The first-order valence-electron chi connectivity index (χ1n) is 10.4. The number of halogens is 1. The maximum atomic E-state index is 13.1. The summed E-state index contributed by atoms with van der Waals surface area (Å²) in [7, 11) is 0. The molecule has 7 nitrogen and oxygen atoms in total. The van der Waals surface area contributed by atoms with Crippen LogP contribution in [-0.4, -0.2) is 39.8 Å². The van der Waals surface area contributed by atoms with Gasteiger partial charge >= 0.3 is 0 Å². The molecule has 32 heavy (non-hydrogen) atoms. The SMILES string of the molecule is O=C(Nc1ncccc1OCc1ccncc1)C1CCN(C(=O)c2ccc(F)cc2)CC1. The van der Waals surface area contributed by atoms with Gasteiger partial charge in [-0.3, -0.25) is 14.6 Å². The van der Waals surface area contributed by atoms with Crippen LogP contribution in [0.4, 0.5) is 10.2 Å². The Hall–Kier alpha value is -3.81. The van der Waals surface area contributed by atoms with Gasteiger partial charge in [0, 0.05) is 43.2 Å². The van der Waals surface area contributed by atoms with Gasteiger partial charge in [0.2, 0.25) is 5.91 Å². The molecule has 0 radical (unpaired) electrons. The fourth-order valence-corrected chi connectivity index (χ4v) is 3.58. The van der Waals surface area contributed by atoms with Crippen molar-refractivity contribution in [1.82, 2.24) is 14.9 Å². The lowest BCUT2D eigenvalue weighted by Gasteiger charge is -2.31. The maximum absolute atomic E-state index is 13.1. The minimum absolute atomic E-state index is 0.147. The number of piperidine rings is 1. The van der Waals surface area contributed by atoms with Gasteiger partial charge < -0.3 is 15.0 Å². The summed E-state index contributed by atoms with van der Waals surface area (Å²) in [5.74, 6) is -0.0532. The van der Waals surface area contributed by atoms with Crippen molar-refractivity contribution in [1.29, 1.82) is 0 Å². The number of ether oxygens (including phenoxy) is 1. The summed E-state index contributed by atoms with van der Waals surface area (Å²) in [6, 6.07) is 12.7. The number of pyridine rings is 2. The predicted octanol–water partition coefficient (Wildman–Crippen LogP) is 3.69. The molecule has 164 valence electrons. The molecular formula is C24H23FN4O3. The largest absolute Gasteiger partial charge is 0.485 e. The van der Waals surface area contributed by atoms with Crippen LogP contribution in [-0.2, 0) is 11.4 Å². The zero-order chi connectivity index (χ0) is 22.3. The van der Waals surface area contributed by atoms with Crippen molar-refractivity contribution in [2.75, 3.05) is 18.4 Å². The van der Waals surface area contributed by atoms with Crippen molar-refractivity contribution in [3.63, 3.8) is 0 Å². The zero-order valence-electron chi connectivity index (χ0n) is 17.4. The summed E-state index contributed by atoms with van der Waals surface area (Å²) in [6.07, 6.45) is 6.06. The molecule has 1 saturated heterocycles. The third-order valence-corrected chi connectivity index (χ3v) is 5.40. The van der Waals surface area contributed by atoms with E-state index >= 15 is 0 Å². The highest BCUT2D eigenvalue weighted by Gasteiger charge is 2.28. The van der Waals surface area contributed by atoms with E-state index in [1.807, 2.05) is 12.1 Å². The number of carbonyl (C=O) groups is 2. The number of hydrogen-bond acceptors (Lipinski definition) is 5. The molecule has 0 saturated carbocycles. The molecule has 1 aliphatic heterocycles. The summed E-state index contributed by atoms with van der Waals surface area (Å²) in [5, 5.41) is 2.87. The summed E-state index contributed by atoms with van der Waals surface area (Å²) >= 11 is 0. The minimum atomic E-state index is -0.379. The second kappa shape index (κ2) is 10.00. The number of amides is 2. The lowest BCUT2D eigenvalue weighted by Crippen LogP contribution is -2.41. The van der Waals surface area contributed by atoms with Gasteiger partial charge in [-0.2, -0.15) is 0 Å². The quantitative estimate of drug-likeness (QED) is 0.640. The van der Waals surface area contributed by atoms with Gasteiger partial charge in [0.25, 0.3) is 5.91 Å². The average Bonchev–Trinajstić information content (AvgIpc) is 2.84. The van der Waals surface area contributed by atoms with E-state index in [9.17, 15) is 14.0 Å². The molecule has 3 heterocycles. The molecule has 1 N–H and O–H groups in total. The molecule has 8 heteroatoms. The van der Waals surface area contributed by atoms with Gasteiger partial charge in [0.05, 0.1) is 0 Å². The first-order valence-corrected chi connectivity index (χ1v) is 10.4. The normalized spacial score (nSPS) is 14.1. The molecule has 2 amide bonds. The van der Waals surface area contributed by atoms with Crippen LogP contribution >= 0.6 is 0 Å². The van der Waals surface area contributed by atoms with Crippen LogP contribution in [0.3, 0.4) is 0 Å². The number of likely N-dealkylation sites (tertiary alicyclic amines) is 1. The highest BCUT2D eigenvalue weighted by atomic mass is 19.1. The monoisotopic (exact) mass is 434 g/mol. The van der Waals surface area contributed by atoms with E-state index in [1.54, 1.807) is 35.6 Å². The van der Waals surface area contributed by atoms with Gasteiger partial charge in [-0.15, -0.1) is 0 Å². The summed E-state index contributed by atoms with van der Waals surface area (Å²) in [4.78, 5) is 35.3. The van der Waals surface area contributed by atoms with Crippen molar-refractivity contribution in [2.24, 2.45) is 5.92 Å². The lowest BCUT2D eigenvalue weighted by atomic mass is 9.95. The fraction of sp³-hybridized carbons (Fsp3) is 0.250. The number of aromatic nitrogens is 2. The van der Waals surface area contributed by atoms with Crippen LogP contribution in [0.5, 0.6) is 5.75 Å². The van der Waals surface area contributed by atoms with E-state index in [0.29, 0.717) is 49.7 Å². The number of hydrogen-bond donors (Lipinski definition) is 1. The van der Waals surface area contributed by atoms with Crippen molar-refractivity contribution in [3.05, 3.63) is 84.1 Å². The van der Waals surface area contributed by atoms with Gasteiger partial charge in [-0.05, 0) is 66.9 Å². The zero-order valence-corrected chi connectivity index (χ0v) is 17.4. The third-order valence-electron chi connectivity index (χ3n) is 5.40. The maximum Gasteiger partial charge on any atom is 0.253 e. The molecule has 0 bridgehead atoms. The molecule has 0 aliphatic carbocycles. The number of benzene rings is 1. The smallest absolute Gasteiger partial charge is 0.253 e. The second-order valence-electron chi connectivity index (χ2n) is 7.56. The van der Waals surface area contributed by atoms with Crippen molar-refractivity contribution >= 4 is 17.6 Å². The second-order valence-corrected chi connectivity index (χ2v) is 7.56. The van der Waals surface area contributed by atoms with E-state index in [1.165, 1.54) is 24.3 Å². The predicted molar refractivity (Wildman–Crippen MR) is 116 cm³/mol. The molecule has 1 aromatic carbocycles.